The predicted octanol–water partition coefficient (Wildman–Crippen LogP) is 2.26. The number of carbonyl (C=O) groups is 1. The van der Waals surface area contributed by atoms with Crippen molar-refractivity contribution in [1.82, 2.24) is 19.7 Å². The maximum atomic E-state index is 13.2. The Morgan fingerprint density at radius 1 is 1.22 bits per heavy atom. The van der Waals surface area contributed by atoms with Crippen LogP contribution >= 0.6 is 24.8 Å². The number of nitrogens with two attached hydrogens (primary N) is 1. The van der Waals surface area contributed by atoms with Gasteiger partial charge in [-0.2, -0.15) is 0 Å². The monoisotopic (exact) mass is 421 g/mol. The SMILES string of the molecule is CCc1nnc2n1CCN(C(=O)C[C@H](N)Cc1ccc(F)c(F)c1)C2.Cl.Cl. The second kappa shape index (κ2) is 9.96. The molecule has 1 aromatic carbocycles. The molecule has 0 saturated carbocycles. The summed E-state index contributed by atoms with van der Waals surface area (Å²) in [5.41, 5.74) is 6.60. The van der Waals surface area contributed by atoms with Gasteiger partial charge in [0, 0.05) is 32.0 Å². The fourth-order valence-electron chi connectivity index (χ4n) is 3.09. The van der Waals surface area contributed by atoms with Gasteiger partial charge >= 0.3 is 0 Å². The topological polar surface area (TPSA) is 77.0 Å². The normalized spacial score (nSPS) is 14.0. The first-order valence-electron chi connectivity index (χ1n) is 8.36. The number of fused-ring (bicyclic) bond motifs is 1. The molecule has 0 bridgehead atoms. The number of hydrogen-bond donors (Lipinski definition) is 1. The van der Waals surface area contributed by atoms with Crippen LogP contribution in [-0.4, -0.2) is 38.2 Å². The fourth-order valence-corrected chi connectivity index (χ4v) is 3.09. The number of benzene rings is 1. The third kappa shape index (κ3) is 5.37. The Kier molecular flexibility index (Phi) is 8.59. The zero-order valence-electron chi connectivity index (χ0n) is 14.9. The Morgan fingerprint density at radius 3 is 2.63 bits per heavy atom. The van der Waals surface area contributed by atoms with Crippen molar-refractivity contribution in [1.29, 1.82) is 0 Å². The lowest BCUT2D eigenvalue weighted by molar-refractivity contribution is -0.133. The number of aryl methyl sites for hydroxylation is 1. The van der Waals surface area contributed by atoms with Gasteiger partial charge < -0.3 is 15.2 Å². The summed E-state index contributed by atoms with van der Waals surface area (Å²) in [6.45, 7) is 3.71. The molecule has 150 valence electrons. The third-order valence-corrected chi connectivity index (χ3v) is 4.42. The van der Waals surface area contributed by atoms with Gasteiger partial charge in [0.1, 0.15) is 5.82 Å². The number of carbonyl (C=O) groups excluding carboxylic acids is 1. The number of rotatable bonds is 5. The first kappa shape index (κ1) is 23.3. The van der Waals surface area contributed by atoms with Crippen LogP contribution in [0, 0.1) is 11.6 Å². The lowest BCUT2D eigenvalue weighted by Crippen LogP contribution is -2.41. The number of halogens is 4. The van der Waals surface area contributed by atoms with Gasteiger partial charge in [-0.25, -0.2) is 8.78 Å². The van der Waals surface area contributed by atoms with Gasteiger partial charge in [0.25, 0.3) is 0 Å². The number of amides is 1. The minimum Gasteiger partial charge on any atom is -0.333 e. The summed E-state index contributed by atoms with van der Waals surface area (Å²) >= 11 is 0. The summed E-state index contributed by atoms with van der Waals surface area (Å²) in [7, 11) is 0. The summed E-state index contributed by atoms with van der Waals surface area (Å²) in [5.74, 6) is -0.152. The molecule has 1 aromatic heterocycles. The molecule has 1 aliphatic heterocycles. The Bertz CT molecular complexity index is 787. The van der Waals surface area contributed by atoms with E-state index in [1.807, 2.05) is 11.5 Å². The smallest absolute Gasteiger partial charge is 0.224 e. The molecule has 0 saturated heterocycles. The Hall–Kier alpha value is -1.77. The molecule has 1 aliphatic rings. The summed E-state index contributed by atoms with van der Waals surface area (Å²) in [6, 6.07) is 3.22. The average molecular weight is 422 g/mol. The number of aromatic nitrogens is 3. The molecule has 27 heavy (non-hydrogen) atoms. The van der Waals surface area contributed by atoms with E-state index in [0.717, 1.165) is 30.2 Å². The third-order valence-electron chi connectivity index (χ3n) is 4.42. The van der Waals surface area contributed by atoms with E-state index >= 15 is 0 Å². The molecule has 0 fully saturated rings. The summed E-state index contributed by atoms with van der Waals surface area (Å²) in [4.78, 5) is 14.2. The molecule has 1 amide bonds. The van der Waals surface area contributed by atoms with Gasteiger partial charge in [0.05, 0.1) is 6.54 Å². The predicted molar refractivity (Wildman–Crippen MR) is 102 cm³/mol. The molecule has 6 nitrogen and oxygen atoms in total. The molecule has 1 atom stereocenters. The Morgan fingerprint density at radius 2 is 1.96 bits per heavy atom. The van der Waals surface area contributed by atoms with E-state index in [9.17, 15) is 13.6 Å². The highest BCUT2D eigenvalue weighted by Gasteiger charge is 2.25. The zero-order valence-corrected chi connectivity index (χ0v) is 16.5. The summed E-state index contributed by atoms with van der Waals surface area (Å²) in [5, 5.41) is 8.26. The maximum absolute atomic E-state index is 13.2. The van der Waals surface area contributed by atoms with Crippen LogP contribution in [0.3, 0.4) is 0 Å². The largest absolute Gasteiger partial charge is 0.333 e. The van der Waals surface area contributed by atoms with Crippen molar-refractivity contribution in [2.45, 2.75) is 45.3 Å². The molecule has 2 aromatic rings. The molecule has 10 heteroatoms. The minimum atomic E-state index is -0.905. The van der Waals surface area contributed by atoms with Gasteiger partial charge in [-0.15, -0.1) is 35.0 Å². The summed E-state index contributed by atoms with van der Waals surface area (Å²) < 4.78 is 28.3. The van der Waals surface area contributed by atoms with Crippen LogP contribution in [0.4, 0.5) is 8.78 Å². The average Bonchev–Trinajstić information content (AvgIpc) is 3.00. The van der Waals surface area contributed by atoms with E-state index in [2.05, 4.69) is 10.2 Å². The highest BCUT2D eigenvalue weighted by molar-refractivity contribution is 5.85. The number of hydrogen-bond acceptors (Lipinski definition) is 4. The van der Waals surface area contributed by atoms with Crippen LogP contribution in [0.2, 0.25) is 0 Å². The van der Waals surface area contributed by atoms with Crippen LogP contribution in [-0.2, 0) is 30.7 Å². The fraction of sp³-hybridized carbons (Fsp3) is 0.471. The second-order valence-corrected chi connectivity index (χ2v) is 6.27. The van der Waals surface area contributed by atoms with Crippen molar-refractivity contribution in [3.05, 3.63) is 47.0 Å². The van der Waals surface area contributed by atoms with Crippen molar-refractivity contribution in [3.63, 3.8) is 0 Å². The van der Waals surface area contributed by atoms with E-state index < -0.39 is 17.7 Å². The molecule has 0 spiro atoms. The molecule has 0 radical (unpaired) electrons. The lowest BCUT2D eigenvalue weighted by atomic mass is 10.0. The standard InChI is InChI=1S/C17H21F2N5O.2ClH/c1-2-15-21-22-16-10-23(5-6-24(15)16)17(25)9-12(20)7-11-3-4-13(18)14(19)8-11;;/h3-4,8,12H,2,5-7,9-10,20H2,1H3;2*1H/t12-;;/m1../s1. The molecule has 2 N–H and O–H groups in total. The zero-order chi connectivity index (χ0) is 18.0. The Labute approximate surface area is 168 Å². The molecular weight excluding hydrogens is 399 g/mol. The Balaban J connectivity index is 0.00000182. The van der Waals surface area contributed by atoms with E-state index in [0.29, 0.717) is 31.6 Å². The van der Waals surface area contributed by atoms with Crippen molar-refractivity contribution >= 4 is 30.7 Å². The van der Waals surface area contributed by atoms with E-state index in [4.69, 9.17) is 5.73 Å². The lowest BCUT2D eigenvalue weighted by Gasteiger charge is -2.28. The highest BCUT2D eigenvalue weighted by Crippen LogP contribution is 2.15. The molecule has 0 unspecified atom stereocenters. The van der Waals surface area contributed by atoms with Crippen LogP contribution in [0.15, 0.2) is 18.2 Å². The first-order chi connectivity index (χ1) is 12.0. The molecule has 2 heterocycles. The van der Waals surface area contributed by atoms with Gasteiger partial charge in [0.15, 0.2) is 17.5 Å². The van der Waals surface area contributed by atoms with E-state index in [-0.39, 0.29) is 37.1 Å². The maximum Gasteiger partial charge on any atom is 0.224 e. The molecule has 0 aliphatic carbocycles. The molecule has 3 rings (SSSR count). The van der Waals surface area contributed by atoms with Crippen molar-refractivity contribution in [2.75, 3.05) is 6.54 Å². The first-order valence-corrected chi connectivity index (χ1v) is 8.36. The quantitative estimate of drug-likeness (QED) is 0.802. The van der Waals surface area contributed by atoms with Gasteiger partial charge in [-0.05, 0) is 24.1 Å². The van der Waals surface area contributed by atoms with Gasteiger partial charge in [-0.1, -0.05) is 13.0 Å². The van der Waals surface area contributed by atoms with Crippen LogP contribution in [0.25, 0.3) is 0 Å². The van der Waals surface area contributed by atoms with Gasteiger partial charge in [-0.3, -0.25) is 4.79 Å². The second-order valence-electron chi connectivity index (χ2n) is 6.27. The summed E-state index contributed by atoms with van der Waals surface area (Å²) in [6.07, 6.45) is 1.26. The highest BCUT2D eigenvalue weighted by atomic mass is 35.5. The van der Waals surface area contributed by atoms with Crippen molar-refractivity contribution in [2.24, 2.45) is 5.73 Å². The minimum absolute atomic E-state index is 0. The van der Waals surface area contributed by atoms with E-state index in [1.54, 1.807) is 4.90 Å². The van der Waals surface area contributed by atoms with Crippen molar-refractivity contribution < 1.29 is 13.6 Å². The van der Waals surface area contributed by atoms with Gasteiger partial charge in [0.2, 0.25) is 5.91 Å². The van der Waals surface area contributed by atoms with Crippen molar-refractivity contribution in [3.8, 4) is 0 Å². The van der Waals surface area contributed by atoms with Crippen LogP contribution < -0.4 is 5.73 Å². The van der Waals surface area contributed by atoms with Crippen LogP contribution in [0.5, 0.6) is 0 Å². The van der Waals surface area contributed by atoms with E-state index in [1.165, 1.54) is 6.07 Å². The number of nitrogens with zero attached hydrogens (tertiary/aromatic N) is 4. The molecular formula is C17H23Cl2F2N5O. The van der Waals surface area contributed by atoms with Crippen LogP contribution in [0.1, 0.15) is 30.6 Å².